The van der Waals surface area contributed by atoms with E-state index in [1.54, 1.807) is 6.92 Å². The standard InChI is InChI=1S/C4H8O4/c1-2-3(5)4(6)8-7/h3,5,7H,2H2,1H3. The van der Waals surface area contributed by atoms with Gasteiger partial charge in [-0.05, 0) is 6.42 Å². The third-order valence-electron chi connectivity index (χ3n) is 0.749. The van der Waals surface area contributed by atoms with Crippen molar-refractivity contribution in [1.29, 1.82) is 0 Å². The molecule has 0 amide bonds. The summed E-state index contributed by atoms with van der Waals surface area (Å²) < 4.78 is 0. The van der Waals surface area contributed by atoms with Gasteiger partial charge in [0.25, 0.3) is 0 Å². The summed E-state index contributed by atoms with van der Waals surface area (Å²) in [6.07, 6.45) is -0.945. The van der Waals surface area contributed by atoms with E-state index < -0.39 is 12.1 Å². The molecule has 0 aromatic heterocycles. The fraction of sp³-hybridized carbons (Fsp3) is 0.750. The molecule has 0 fully saturated rings. The van der Waals surface area contributed by atoms with E-state index >= 15 is 0 Å². The van der Waals surface area contributed by atoms with E-state index in [4.69, 9.17) is 10.4 Å². The molecule has 0 aromatic rings. The van der Waals surface area contributed by atoms with Crippen molar-refractivity contribution >= 4 is 5.97 Å². The Morgan fingerprint density at radius 1 is 1.88 bits per heavy atom. The molecule has 1 atom stereocenters. The zero-order chi connectivity index (χ0) is 6.57. The van der Waals surface area contributed by atoms with Crippen molar-refractivity contribution < 1.29 is 20.0 Å². The second kappa shape index (κ2) is 3.40. The van der Waals surface area contributed by atoms with E-state index in [0.29, 0.717) is 0 Å². The lowest BCUT2D eigenvalue weighted by molar-refractivity contribution is -0.242. The third kappa shape index (κ3) is 1.90. The first-order chi connectivity index (χ1) is 3.72. The molecule has 0 rings (SSSR count). The fourth-order valence-electron chi connectivity index (χ4n) is 0.228. The Bertz CT molecular complexity index is 80.1. The van der Waals surface area contributed by atoms with Crippen molar-refractivity contribution in [2.75, 3.05) is 0 Å². The van der Waals surface area contributed by atoms with Crippen LogP contribution in [0.1, 0.15) is 13.3 Å². The zero-order valence-corrected chi connectivity index (χ0v) is 4.50. The molecule has 48 valence electrons. The van der Waals surface area contributed by atoms with Crippen molar-refractivity contribution in [3.05, 3.63) is 0 Å². The fourth-order valence-corrected chi connectivity index (χ4v) is 0.228. The van der Waals surface area contributed by atoms with Gasteiger partial charge in [0.1, 0.15) is 0 Å². The Kier molecular flexibility index (Phi) is 3.14. The van der Waals surface area contributed by atoms with Gasteiger partial charge in [-0.3, -0.25) is 4.89 Å². The van der Waals surface area contributed by atoms with E-state index in [1.807, 2.05) is 0 Å². The summed E-state index contributed by atoms with van der Waals surface area (Å²) in [5.74, 6) is -1.01. The normalized spacial score (nSPS) is 12.9. The van der Waals surface area contributed by atoms with Crippen LogP contribution in [0.4, 0.5) is 0 Å². The van der Waals surface area contributed by atoms with Gasteiger partial charge in [0.05, 0.1) is 0 Å². The molecule has 0 radical (unpaired) electrons. The van der Waals surface area contributed by atoms with Crippen molar-refractivity contribution in [3.8, 4) is 0 Å². The van der Waals surface area contributed by atoms with Crippen LogP contribution >= 0.6 is 0 Å². The minimum Gasteiger partial charge on any atom is -0.381 e. The van der Waals surface area contributed by atoms with Crippen LogP contribution in [0.5, 0.6) is 0 Å². The third-order valence-corrected chi connectivity index (χ3v) is 0.749. The van der Waals surface area contributed by atoms with Crippen LogP contribution in [0, 0.1) is 0 Å². The lowest BCUT2D eigenvalue weighted by Crippen LogP contribution is -2.20. The van der Waals surface area contributed by atoms with Crippen LogP contribution in [0.25, 0.3) is 0 Å². The number of hydrogen-bond donors (Lipinski definition) is 2. The largest absolute Gasteiger partial charge is 0.381 e. The van der Waals surface area contributed by atoms with Gasteiger partial charge < -0.3 is 5.11 Å². The lowest BCUT2D eigenvalue weighted by atomic mass is 10.3. The van der Waals surface area contributed by atoms with Crippen LogP contribution in [0.3, 0.4) is 0 Å². The molecule has 1 unspecified atom stereocenters. The maximum absolute atomic E-state index is 10.0. The minimum atomic E-state index is -1.19. The smallest absolute Gasteiger partial charge is 0.370 e. The topological polar surface area (TPSA) is 66.8 Å². The number of carbonyl (C=O) groups is 1. The molecule has 0 saturated heterocycles. The van der Waals surface area contributed by atoms with Gasteiger partial charge in [-0.25, -0.2) is 4.79 Å². The molecule has 0 spiro atoms. The Morgan fingerprint density at radius 3 is 2.50 bits per heavy atom. The molecule has 4 nitrogen and oxygen atoms in total. The SMILES string of the molecule is CCC(O)C(=O)OO. The first-order valence-corrected chi connectivity index (χ1v) is 2.25. The Hall–Kier alpha value is -0.610. The van der Waals surface area contributed by atoms with Gasteiger partial charge in [0.15, 0.2) is 6.10 Å². The van der Waals surface area contributed by atoms with Crippen LogP contribution in [0.2, 0.25) is 0 Å². The molecular weight excluding hydrogens is 112 g/mol. The minimum absolute atomic E-state index is 0.249. The maximum atomic E-state index is 10.0. The predicted octanol–water partition coefficient (Wildman–Crippen LogP) is -0.226. The van der Waals surface area contributed by atoms with E-state index in [0.717, 1.165) is 0 Å². The molecule has 2 N–H and O–H groups in total. The van der Waals surface area contributed by atoms with Crippen LogP contribution in [-0.4, -0.2) is 22.4 Å². The van der Waals surface area contributed by atoms with Gasteiger partial charge >= 0.3 is 5.97 Å². The Balaban J connectivity index is 3.46. The molecule has 0 bridgehead atoms. The Morgan fingerprint density at radius 2 is 2.38 bits per heavy atom. The van der Waals surface area contributed by atoms with Crippen LogP contribution in [0.15, 0.2) is 0 Å². The van der Waals surface area contributed by atoms with E-state index in [-0.39, 0.29) is 6.42 Å². The summed E-state index contributed by atoms with van der Waals surface area (Å²) in [5, 5.41) is 16.1. The van der Waals surface area contributed by atoms with Crippen LogP contribution in [-0.2, 0) is 9.68 Å². The highest BCUT2D eigenvalue weighted by Crippen LogP contribution is 1.90. The summed E-state index contributed by atoms with van der Waals surface area (Å²) in [4.78, 5) is 13.2. The Labute approximate surface area is 46.6 Å². The highest BCUT2D eigenvalue weighted by Gasteiger charge is 2.12. The molecule has 0 saturated carbocycles. The molecule has 8 heavy (non-hydrogen) atoms. The van der Waals surface area contributed by atoms with Crippen molar-refractivity contribution in [2.45, 2.75) is 19.4 Å². The zero-order valence-electron chi connectivity index (χ0n) is 4.50. The predicted molar refractivity (Wildman–Crippen MR) is 25.0 cm³/mol. The average molecular weight is 120 g/mol. The summed E-state index contributed by atoms with van der Waals surface area (Å²) in [6, 6.07) is 0. The van der Waals surface area contributed by atoms with Crippen LogP contribution < -0.4 is 0 Å². The number of aliphatic hydroxyl groups excluding tert-OH is 1. The molecule has 0 aromatic carbocycles. The molecule has 4 heteroatoms. The van der Waals surface area contributed by atoms with Gasteiger partial charge in [-0.1, -0.05) is 6.92 Å². The molecule has 0 heterocycles. The number of hydrogen-bond acceptors (Lipinski definition) is 4. The number of rotatable bonds is 2. The lowest BCUT2D eigenvalue weighted by Gasteiger charge is -1.99. The molecule has 0 aliphatic carbocycles. The molecule has 0 aliphatic heterocycles. The highest BCUT2D eigenvalue weighted by atomic mass is 17.1. The summed E-state index contributed by atoms with van der Waals surface area (Å²) >= 11 is 0. The average Bonchev–Trinajstić information content (AvgIpc) is 1.84. The van der Waals surface area contributed by atoms with Gasteiger partial charge in [0.2, 0.25) is 0 Å². The van der Waals surface area contributed by atoms with Gasteiger partial charge in [0, 0.05) is 0 Å². The first-order valence-electron chi connectivity index (χ1n) is 2.25. The monoisotopic (exact) mass is 120 g/mol. The van der Waals surface area contributed by atoms with E-state index in [9.17, 15) is 4.79 Å². The van der Waals surface area contributed by atoms with Crippen molar-refractivity contribution in [2.24, 2.45) is 0 Å². The van der Waals surface area contributed by atoms with Gasteiger partial charge in [-0.2, -0.15) is 5.26 Å². The molecule has 0 aliphatic rings. The highest BCUT2D eigenvalue weighted by molar-refractivity contribution is 5.73. The van der Waals surface area contributed by atoms with Crippen molar-refractivity contribution in [3.63, 3.8) is 0 Å². The first kappa shape index (κ1) is 7.39. The van der Waals surface area contributed by atoms with E-state index in [1.165, 1.54) is 0 Å². The van der Waals surface area contributed by atoms with Crippen molar-refractivity contribution in [1.82, 2.24) is 0 Å². The summed E-state index contributed by atoms with van der Waals surface area (Å²) in [5.41, 5.74) is 0. The van der Waals surface area contributed by atoms with Gasteiger partial charge in [-0.15, -0.1) is 0 Å². The summed E-state index contributed by atoms with van der Waals surface area (Å²) in [7, 11) is 0. The van der Waals surface area contributed by atoms with E-state index in [2.05, 4.69) is 4.89 Å². The maximum Gasteiger partial charge on any atom is 0.370 e. The molecular formula is C4H8O4. The number of carbonyl (C=O) groups excluding carboxylic acids is 1. The second-order valence-corrected chi connectivity index (χ2v) is 1.33. The quantitative estimate of drug-likeness (QED) is 0.390. The second-order valence-electron chi connectivity index (χ2n) is 1.33. The number of aliphatic hydroxyl groups is 1. The summed E-state index contributed by atoms with van der Waals surface area (Å²) in [6.45, 7) is 1.60.